The van der Waals surface area contributed by atoms with E-state index >= 15 is 0 Å². The Balaban J connectivity index is 1.80. The number of amides is 1. The first-order valence-electron chi connectivity index (χ1n) is 7.90. The highest BCUT2D eigenvalue weighted by Crippen LogP contribution is 2.26. The summed E-state index contributed by atoms with van der Waals surface area (Å²) >= 11 is 0. The molecule has 0 radical (unpaired) electrons. The molecule has 1 aromatic heterocycles. The molecular formula is C17H23N5O. The summed E-state index contributed by atoms with van der Waals surface area (Å²) in [5, 5.41) is 4.14. The van der Waals surface area contributed by atoms with Crippen LogP contribution >= 0.6 is 0 Å². The molecule has 122 valence electrons. The average Bonchev–Trinajstić information content (AvgIpc) is 3.11. The minimum atomic E-state index is -0.729. The van der Waals surface area contributed by atoms with Gasteiger partial charge in [0.1, 0.15) is 18.2 Å². The second kappa shape index (κ2) is 6.12. The van der Waals surface area contributed by atoms with Gasteiger partial charge in [-0.25, -0.2) is 9.67 Å². The highest BCUT2D eigenvalue weighted by Gasteiger charge is 2.38. The molecule has 0 bridgehead atoms. The molecule has 1 atom stereocenters. The van der Waals surface area contributed by atoms with E-state index in [1.54, 1.807) is 11.0 Å². The van der Waals surface area contributed by atoms with Gasteiger partial charge in [-0.3, -0.25) is 9.69 Å². The summed E-state index contributed by atoms with van der Waals surface area (Å²) in [5.74, 6) is 0.0806. The SMILES string of the molecule is CN1CCN(C(=O)C(C)(C)n2cncn2)C[C@H]1c1ccccc1. The van der Waals surface area contributed by atoms with E-state index in [0.29, 0.717) is 6.54 Å². The fraction of sp³-hybridized carbons (Fsp3) is 0.471. The number of carbonyl (C=O) groups is 1. The van der Waals surface area contributed by atoms with Gasteiger partial charge in [-0.1, -0.05) is 30.3 Å². The third kappa shape index (κ3) is 2.99. The Morgan fingerprint density at radius 3 is 2.61 bits per heavy atom. The van der Waals surface area contributed by atoms with Crippen molar-refractivity contribution in [3.05, 3.63) is 48.5 Å². The average molecular weight is 313 g/mol. The lowest BCUT2D eigenvalue weighted by Gasteiger charge is -2.42. The molecule has 0 aliphatic carbocycles. The first kappa shape index (κ1) is 15.7. The Bertz CT molecular complexity index is 653. The largest absolute Gasteiger partial charge is 0.337 e. The van der Waals surface area contributed by atoms with Crippen LogP contribution in [0.1, 0.15) is 25.5 Å². The van der Waals surface area contributed by atoms with Crippen LogP contribution in [0, 0.1) is 0 Å². The third-order valence-corrected chi connectivity index (χ3v) is 4.63. The van der Waals surface area contributed by atoms with Gasteiger partial charge in [0.15, 0.2) is 0 Å². The second-order valence-corrected chi connectivity index (χ2v) is 6.56. The summed E-state index contributed by atoms with van der Waals surface area (Å²) in [6.07, 6.45) is 3.06. The van der Waals surface area contributed by atoms with E-state index in [1.165, 1.54) is 11.9 Å². The van der Waals surface area contributed by atoms with Gasteiger partial charge >= 0.3 is 0 Å². The number of likely N-dealkylation sites (N-methyl/N-ethyl adjacent to an activating group) is 1. The molecule has 1 saturated heterocycles. The van der Waals surface area contributed by atoms with Crippen LogP contribution in [-0.4, -0.2) is 57.2 Å². The summed E-state index contributed by atoms with van der Waals surface area (Å²) in [6.45, 7) is 6.06. The molecule has 6 nitrogen and oxygen atoms in total. The number of benzene rings is 1. The molecule has 1 amide bonds. The molecule has 6 heteroatoms. The van der Waals surface area contributed by atoms with Crippen LogP contribution in [0.5, 0.6) is 0 Å². The summed E-state index contributed by atoms with van der Waals surface area (Å²) in [5.41, 5.74) is 0.513. The van der Waals surface area contributed by atoms with Crippen LogP contribution < -0.4 is 0 Å². The van der Waals surface area contributed by atoms with Crippen molar-refractivity contribution in [1.29, 1.82) is 0 Å². The number of nitrogens with zero attached hydrogens (tertiary/aromatic N) is 5. The lowest BCUT2D eigenvalue weighted by molar-refractivity contribution is -0.142. The fourth-order valence-electron chi connectivity index (χ4n) is 3.08. The van der Waals surface area contributed by atoms with Crippen molar-refractivity contribution in [2.24, 2.45) is 0 Å². The maximum Gasteiger partial charge on any atom is 0.250 e. The lowest BCUT2D eigenvalue weighted by atomic mass is 9.99. The number of aromatic nitrogens is 3. The van der Waals surface area contributed by atoms with E-state index in [-0.39, 0.29) is 11.9 Å². The van der Waals surface area contributed by atoms with Crippen molar-refractivity contribution in [3.63, 3.8) is 0 Å². The highest BCUT2D eigenvalue weighted by atomic mass is 16.2. The maximum atomic E-state index is 13.0. The van der Waals surface area contributed by atoms with Gasteiger partial charge in [0.05, 0.1) is 6.04 Å². The number of hydrogen-bond donors (Lipinski definition) is 0. The topological polar surface area (TPSA) is 54.3 Å². The highest BCUT2D eigenvalue weighted by molar-refractivity contribution is 5.83. The Hall–Kier alpha value is -2.21. The molecule has 1 aliphatic heterocycles. The van der Waals surface area contributed by atoms with Gasteiger partial charge in [0, 0.05) is 19.6 Å². The minimum absolute atomic E-state index is 0.0806. The van der Waals surface area contributed by atoms with E-state index in [2.05, 4.69) is 34.2 Å². The molecule has 3 rings (SSSR count). The molecule has 0 unspecified atom stereocenters. The van der Waals surface area contributed by atoms with E-state index < -0.39 is 5.54 Å². The number of hydrogen-bond acceptors (Lipinski definition) is 4. The molecule has 0 spiro atoms. The summed E-state index contributed by atoms with van der Waals surface area (Å²) in [6, 6.07) is 10.6. The molecule has 2 aromatic rings. The summed E-state index contributed by atoms with van der Waals surface area (Å²) in [7, 11) is 2.11. The van der Waals surface area contributed by atoms with Gasteiger partial charge in [-0.2, -0.15) is 5.10 Å². The van der Waals surface area contributed by atoms with Crippen molar-refractivity contribution >= 4 is 5.91 Å². The second-order valence-electron chi connectivity index (χ2n) is 6.56. The predicted molar refractivity (Wildman–Crippen MR) is 87.7 cm³/mol. The van der Waals surface area contributed by atoms with Crippen molar-refractivity contribution in [2.75, 3.05) is 26.7 Å². The van der Waals surface area contributed by atoms with Crippen LogP contribution in [-0.2, 0) is 10.3 Å². The standard InChI is InChI=1S/C17H23N5O/c1-17(2,22-13-18-12-19-22)16(23)21-10-9-20(3)15(11-21)14-7-5-4-6-8-14/h4-8,12-13,15H,9-11H2,1-3H3/t15-/m0/s1. The zero-order chi connectivity index (χ0) is 16.4. The molecule has 1 fully saturated rings. The molecular weight excluding hydrogens is 290 g/mol. The zero-order valence-corrected chi connectivity index (χ0v) is 13.9. The van der Waals surface area contributed by atoms with Gasteiger partial charge in [0.2, 0.25) is 5.91 Å². The van der Waals surface area contributed by atoms with Gasteiger partial charge in [-0.05, 0) is 26.5 Å². The van der Waals surface area contributed by atoms with Crippen molar-refractivity contribution in [1.82, 2.24) is 24.6 Å². The van der Waals surface area contributed by atoms with Crippen LogP contribution in [0.2, 0.25) is 0 Å². The molecule has 0 saturated carbocycles. The first-order valence-corrected chi connectivity index (χ1v) is 7.90. The van der Waals surface area contributed by atoms with Gasteiger partial charge < -0.3 is 4.90 Å². The Morgan fingerprint density at radius 2 is 1.96 bits per heavy atom. The van der Waals surface area contributed by atoms with E-state index in [0.717, 1.165) is 13.1 Å². The first-order chi connectivity index (χ1) is 11.0. The zero-order valence-electron chi connectivity index (χ0n) is 13.9. The summed E-state index contributed by atoms with van der Waals surface area (Å²) < 4.78 is 1.63. The maximum absolute atomic E-state index is 13.0. The van der Waals surface area contributed by atoms with E-state index in [9.17, 15) is 4.79 Å². The molecule has 23 heavy (non-hydrogen) atoms. The van der Waals surface area contributed by atoms with Crippen LogP contribution in [0.3, 0.4) is 0 Å². The molecule has 1 aromatic carbocycles. The molecule has 0 N–H and O–H groups in total. The Labute approximate surface area is 136 Å². The monoisotopic (exact) mass is 313 g/mol. The third-order valence-electron chi connectivity index (χ3n) is 4.63. The van der Waals surface area contributed by atoms with Gasteiger partial charge in [0.25, 0.3) is 0 Å². The number of rotatable bonds is 3. The quantitative estimate of drug-likeness (QED) is 0.862. The van der Waals surface area contributed by atoms with Crippen molar-refractivity contribution in [3.8, 4) is 0 Å². The van der Waals surface area contributed by atoms with E-state index in [4.69, 9.17) is 0 Å². The van der Waals surface area contributed by atoms with Crippen LogP contribution in [0.15, 0.2) is 43.0 Å². The van der Waals surface area contributed by atoms with Crippen LogP contribution in [0.25, 0.3) is 0 Å². The smallest absolute Gasteiger partial charge is 0.250 e. The minimum Gasteiger partial charge on any atom is -0.337 e. The normalized spacial score (nSPS) is 19.8. The van der Waals surface area contributed by atoms with Crippen molar-refractivity contribution in [2.45, 2.75) is 25.4 Å². The Morgan fingerprint density at radius 1 is 1.22 bits per heavy atom. The number of piperazine rings is 1. The molecule has 2 heterocycles. The van der Waals surface area contributed by atoms with Crippen LogP contribution in [0.4, 0.5) is 0 Å². The number of carbonyl (C=O) groups excluding carboxylic acids is 1. The van der Waals surface area contributed by atoms with Crippen molar-refractivity contribution < 1.29 is 4.79 Å². The van der Waals surface area contributed by atoms with Gasteiger partial charge in [-0.15, -0.1) is 0 Å². The fourth-order valence-corrected chi connectivity index (χ4v) is 3.08. The van der Waals surface area contributed by atoms with E-state index in [1.807, 2.05) is 36.9 Å². The lowest BCUT2D eigenvalue weighted by Crippen LogP contribution is -2.55. The Kier molecular flexibility index (Phi) is 4.17. The molecule has 1 aliphatic rings. The predicted octanol–water partition coefficient (Wildman–Crippen LogP) is 1.53. The summed E-state index contributed by atoms with van der Waals surface area (Å²) in [4.78, 5) is 21.2.